The van der Waals surface area contributed by atoms with E-state index in [9.17, 15) is 9.18 Å². The summed E-state index contributed by atoms with van der Waals surface area (Å²) in [6, 6.07) is 16.7. The molecule has 0 bridgehead atoms. The molecule has 0 spiro atoms. The number of rotatable bonds is 6. The molecule has 0 aliphatic rings. The molecule has 1 aromatic heterocycles. The van der Waals surface area contributed by atoms with Crippen LogP contribution in [0.25, 0.3) is 0 Å². The number of nitrogens with zero attached hydrogens (tertiary/aromatic N) is 1. The van der Waals surface area contributed by atoms with Crippen molar-refractivity contribution in [2.45, 2.75) is 20.0 Å². The Kier molecular flexibility index (Phi) is 5.66. The van der Waals surface area contributed by atoms with E-state index in [4.69, 9.17) is 4.74 Å². The van der Waals surface area contributed by atoms with Gasteiger partial charge in [0, 0.05) is 11.4 Å². The van der Waals surface area contributed by atoms with Gasteiger partial charge < -0.3 is 15.4 Å². The third-order valence-corrected chi connectivity index (χ3v) is 3.59. The van der Waals surface area contributed by atoms with Crippen LogP contribution >= 0.6 is 0 Å². The van der Waals surface area contributed by atoms with E-state index in [1.165, 1.54) is 18.2 Å². The number of hydrogen-bond acceptors (Lipinski definition) is 4. The third kappa shape index (κ3) is 5.28. The van der Waals surface area contributed by atoms with Gasteiger partial charge in [-0.05, 0) is 68.4 Å². The summed E-state index contributed by atoms with van der Waals surface area (Å²) in [5.41, 5.74) is 2.25. The van der Waals surface area contributed by atoms with Gasteiger partial charge in [0.2, 0.25) is 0 Å². The third-order valence-electron chi connectivity index (χ3n) is 3.59. The van der Waals surface area contributed by atoms with Crippen LogP contribution in [-0.2, 0) is 0 Å². The number of carbonyl (C=O) groups excluding carboxylic acids is 1. The number of anilines is 3. The van der Waals surface area contributed by atoms with Crippen LogP contribution in [0, 0.1) is 5.82 Å². The van der Waals surface area contributed by atoms with Gasteiger partial charge in [0.15, 0.2) is 0 Å². The molecule has 0 radical (unpaired) electrons. The number of carbonyl (C=O) groups is 1. The summed E-state index contributed by atoms with van der Waals surface area (Å²) in [5.74, 6) is -0.00880. The van der Waals surface area contributed by atoms with Crippen molar-refractivity contribution in [1.82, 2.24) is 4.98 Å². The Hall–Kier alpha value is -3.41. The molecule has 0 saturated heterocycles. The summed E-state index contributed by atoms with van der Waals surface area (Å²) in [5, 5.41) is 5.82. The van der Waals surface area contributed by atoms with E-state index < -0.39 is 11.7 Å². The molecule has 0 atom stereocenters. The molecule has 2 N–H and O–H groups in total. The summed E-state index contributed by atoms with van der Waals surface area (Å²) >= 11 is 0. The Bertz CT molecular complexity index is 909. The van der Waals surface area contributed by atoms with Gasteiger partial charge >= 0.3 is 0 Å². The SMILES string of the molecule is CC(C)Oc1ccc(Nc2ccc(C(=O)Nc3cccc(F)c3)nc2)cc1. The fourth-order valence-electron chi connectivity index (χ4n) is 2.42. The van der Waals surface area contributed by atoms with Crippen molar-refractivity contribution in [3.63, 3.8) is 0 Å². The fourth-order valence-corrected chi connectivity index (χ4v) is 2.42. The molecule has 2 aromatic carbocycles. The highest BCUT2D eigenvalue weighted by atomic mass is 19.1. The van der Waals surface area contributed by atoms with Crippen LogP contribution in [0.15, 0.2) is 66.9 Å². The average molecular weight is 365 g/mol. The first-order valence-electron chi connectivity index (χ1n) is 8.56. The molecule has 0 aliphatic carbocycles. The summed E-state index contributed by atoms with van der Waals surface area (Å²) in [7, 11) is 0. The predicted octanol–water partition coefficient (Wildman–Crippen LogP) is 5.00. The highest BCUT2D eigenvalue weighted by Crippen LogP contribution is 2.20. The Morgan fingerprint density at radius 2 is 1.74 bits per heavy atom. The van der Waals surface area contributed by atoms with Crippen LogP contribution in [0.2, 0.25) is 0 Å². The normalized spacial score (nSPS) is 10.5. The lowest BCUT2D eigenvalue weighted by atomic mass is 10.2. The van der Waals surface area contributed by atoms with Crippen molar-refractivity contribution in [3.05, 3.63) is 78.4 Å². The van der Waals surface area contributed by atoms with E-state index in [0.29, 0.717) is 5.69 Å². The monoisotopic (exact) mass is 365 g/mol. The van der Waals surface area contributed by atoms with Crippen molar-refractivity contribution in [2.24, 2.45) is 0 Å². The minimum absolute atomic E-state index is 0.124. The smallest absolute Gasteiger partial charge is 0.274 e. The van der Waals surface area contributed by atoms with Crippen molar-refractivity contribution in [1.29, 1.82) is 0 Å². The van der Waals surface area contributed by atoms with Crippen molar-refractivity contribution >= 4 is 23.0 Å². The van der Waals surface area contributed by atoms with E-state index in [2.05, 4.69) is 15.6 Å². The first kappa shape index (κ1) is 18.4. The van der Waals surface area contributed by atoms with E-state index in [0.717, 1.165) is 17.1 Å². The molecule has 5 nitrogen and oxygen atoms in total. The fraction of sp³-hybridized carbons (Fsp3) is 0.143. The van der Waals surface area contributed by atoms with Gasteiger partial charge in [-0.1, -0.05) is 6.07 Å². The van der Waals surface area contributed by atoms with Crippen LogP contribution in [0.4, 0.5) is 21.5 Å². The molecule has 3 aromatic rings. The summed E-state index contributed by atoms with van der Waals surface area (Å²) < 4.78 is 18.8. The first-order valence-corrected chi connectivity index (χ1v) is 8.56. The van der Waals surface area contributed by atoms with E-state index in [-0.39, 0.29) is 11.8 Å². The number of aromatic nitrogens is 1. The zero-order valence-electron chi connectivity index (χ0n) is 15.1. The number of benzene rings is 2. The molecule has 27 heavy (non-hydrogen) atoms. The lowest BCUT2D eigenvalue weighted by Crippen LogP contribution is -2.13. The minimum atomic E-state index is -0.412. The average Bonchev–Trinajstić information content (AvgIpc) is 2.63. The number of hydrogen-bond donors (Lipinski definition) is 2. The van der Waals surface area contributed by atoms with Crippen molar-refractivity contribution in [2.75, 3.05) is 10.6 Å². The Morgan fingerprint density at radius 3 is 2.37 bits per heavy atom. The molecular weight excluding hydrogens is 345 g/mol. The van der Waals surface area contributed by atoms with Gasteiger partial charge in [-0.3, -0.25) is 4.79 Å². The maximum absolute atomic E-state index is 13.2. The number of nitrogens with one attached hydrogen (secondary N) is 2. The maximum Gasteiger partial charge on any atom is 0.274 e. The largest absolute Gasteiger partial charge is 0.491 e. The van der Waals surface area contributed by atoms with Crippen LogP contribution in [0.5, 0.6) is 5.75 Å². The van der Waals surface area contributed by atoms with Crippen LogP contribution < -0.4 is 15.4 Å². The zero-order chi connectivity index (χ0) is 19.2. The molecule has 0 aliphatic heterocycles. The van der Waals surface area contributed by atoms with E-state index >= 15 is 0 Å². The molecule has 3 rings (SSSR count). The molecule has 0 fully saturated rings. The molecule has 1 heterocycles. The van der Waals surface area contributed by atoms with Crippen molar-refractivity contribution in [3.8, 4) is 5.75 Å². The lowest BCUT2D eigenvalue weighted by molar-refractivity contribution is 0.102. The Labute approximate surface area is 157 Å². The molecule has 1 amide bonds. The minimum Gasteiger partial charge on any atom is -0.491 e. The molecule has 0 unspecified atom stereocenters. The van der Waals surface area contributed by atoms with Crippen LogP contribution in [0.1, 0.15) is 24.3 Å². The second-order valence-electron chi connectivity index (χ2n) is 6.21. The number of ether oxygens (including phenoxy) is 1. The van der Waals surface area contributed by atoms with Gasteiger partial charge in [-0.15, -0.1) is 0 Å². The lowest BCUT2D eigenvalue weighted by Gasteiger charge is -2.11. The second-order valence-corrected chi connectivity index (χ2v) is 6.21. The number of halogens is 1. The first-order chi connectivity index (χ1) is 13.0. The highest BCUT2D eigenvalue weighted by Gasteiger charge is 2.08. The zero-order valence-corrected chi connectivity index (χ0v) is 15.1. The molecule has 138 valence electrons. The van der Waals surface area contributed by atoms with E-state index in [1.807, 2.05) is 38.1 Å². The molecule has 6 heteroatoms. The quantitative estimate of drug-likeness (QED) is 0.645. The number of pyridine rings is 1. The summed E-state index contributed by atoms with van der Waals surface area (Å²) in [6.45, 7) is 3.95. The summed E-state index contributed by atoms with van der Waals surface area (Å²) in [4.78, 5) is 16.3. The van der Waals surface area contributed by atoms with Crippen molar-refractivity contribution < 1.29 is 13.9 Å². The highest BCUT2D eigenvalue weighted by molar-refractivity contribution is 6.02. The Balaban J connectivity index is 1.62. The predicted molar refractivity (Wildman–Crippen MR) is 104 cm³/mol. The molecule has 0 saturated carbocycles. The van der Waals surface area contributed by atoms with E-state index in [1.54, 1.807) is 24.4 Å². The topological polar surface area (TPSA) is 63.2 Å². The van der Waals surface area contributed by atoms with Gasteiger partial charge in [0.25, 0.3) is 5.91 Å². The van der Waals surface area contributed by atoms with Gasteiger partial charge in [-0.2, -0.15) is 0 Å². The number of amides is 1. The van der Waals surface area contributed by atoms with Gasteiger partial charge in [-0.25, -0.2) is 9.37 Å². The van der Waals surface area contributed by atoms with Gasteiger partial charge in [0.1, 0.15) is 17.3 Å². The van der Waals surface area contributed by atoms with Gasteiger partial charge in [0.05, 0.1) is 18.0 Å². The van der Waals surface area contributed by atoms with Crippen LogP contribution in [-0.4, -0.2) is 17.0 Å². The Morgan fingerprint density at radius 1 is 1.00 bits per heavy atom. The van der Waals surface area contributed by atoms with Crippen LogP contribution in [0.3, 0.4) is 0 Å². The second kappa shape index (κ2) is 8.31. The maximum atomic E-state index is 13.2. The standard InChI is InChI=1S/C21H20FN3O2/c1-14(2)27-19-9-6-16(7-10-19)24-18-8-11-20(23-13-18)21(26)25-17-5-3-4-15(22)12-17/h3-14,24H,1-2H3,(H,25,26). The molecular formula is C21H20FN3O2. The summed E-state index contributed by atoms with van der Waals surface area (Å²) in [6.07, 6.45) is 1.69.